The van der Waals surface area contributed by atoms with Crippen LogP contribution >= 0.6 is 23.5 Å². The van der Waals surface area contributed by atoms with Gasteiger partial charge in [-0.1, -0.05) is 23.5 Å². The number of nitrogens with zero attached hydrogens (tertiary/aromatic N) is 5. The number of nitrogens with one attached hydrogen (secondary N) is 1. The Kier molecular flexibility index (Phi) is 6.13. The number of thioether (sulfide) groups is 2. The maximum atomic E-state index is 12.0. The molecule has 0 spiro atoms. The zero-order valence-electron chi connectivity index (χ0n) is 12.5. The van der Waals surface area contributed by atoms with E-state index < -0.39 is 0 Å². The van der Waals surface area contributed by atoms with E-state index in [-0.39, 0.29) is 5.91 Å². The molecule has 0 aliphatic heterocycles. The highest BCUT2D eigenvalue weighted by Crippen LogP contribution is 2.23. The van der Waals surface area contributed by atoms with Gasteiger partial charge in [-0.3, -0.25) is 9.89 Å². The maximum Gasteiger partial charge on any atom is 0.233 e. The van der Waals surface area contributed by atoms with Crippen molar-refractivity contribution in [1.82, 2.24) is 30.0 Å². The third-order valence-corrected chi connectivity index (χ3v) is 4.91. The van der Waals surface area contributed by atoms with E-state index in [2.05, 4.69) is 20.4 Å². The van der Waals surface area contributed by atoms with Crippen LogP contribution in [-0.2, 0) is 10.5 Å². The van der Waals surface area contributed by atoms with Gasteiger partial charge in [-0.05, 0) is 19.9 Å². The number of nitrogens with two attached hydrogens (primary N) is 1. The lowest BCUT2D eigenvalue weighted by atomic mass is 10.5. The Labute approximate surface area is 137 Å². The van der Waals surface area contributed by atoms with Gasteiger partial charge in [0.25, 0.3) is 0 Å². The van der Waals surface area contributed by atoms with Crippen molar-refractivity contribution in [1.29, 1.82) is 0 Å². The largest absolute Gasteiger partial charge is 0.343 e. The molecule has 1 amide bonds. The number of amides is 1. The average Bonchev–Trinajstić information content (AvgIpc) is 3.15. The summed E-state index contributed by atoms with van der Waals surface area (Å²) in [5.74, 6) is 7.03. The summed E-state index contributed by atoms with van der Waals surface area (Å²) in [6.07, 6.45) is 1.70. The van der Waals surface area contributed by atoms with E-state index in [1.54, 1.807) is 11.1 Å². The molecule has 0 aliphatic rings. The Morgan fingerprint density at radius 2 is 2.00 bits per heavy atom. The van der Waals surface area contributed by atoms with Crippen LogP contribution in [0, 0.1) is 0 Å². The first kappa shape index (κ1) is 16.7. The minimum absolute atomic E-state index is 0.0738. The van der Waals surface area contributed by atoms with Crippen LogP contribution in [0.3, 0.4) is 0 Å². The molecule has 22 heavy (non-hydrogen) atoms. The average molecular weight is 341 g/mol. The monoisotopic (exact) mass is 341 g/mol. The van der Waals surface area contributed by atoms with Crippen molar-refractivity contribution in [3.63, 3.8) is 0 Å². The number of aromatic nitrogens is 5. The van der Waals surface area contributed by atoms with Gasteiger partial charge in [-0.25, -0.2) is 4.68 Å². The van der Waals surface area contributed by atoms with Crippen LogP contribution in [-0.4, -0.2) is 54.7 Å². The molecule has 2 heterocycles. The number of carbonyl (C=O) groups is 1. The zero-order valence-corrected chi connectivity index (χ0v) is 14.2. The fraction of sp³-hybridized carbons (Fsp3) is 0.500. The SMILES string of the molecule is CCN(CC)C(=O)CSc1nnc(SCc2ccn[nH]2)n1N. The Hall–Kier alpha value is -1.68. The van der Waals surface area contributed by atoms with Gasteiger partial charge in [-0.2, -0.15) is 5.10 Å². The van der Waals surface area contributed by atoms with Gasteiger partial charge < -0.3 is 10.7 Å². The summed E-state index contributed by atoms with van der Waals surface area (Å²) in [6, 6.07) is 1.89. The Morgan fingerprint density at radius 1 is 1.32 bits per heavy atom. The predicted molar refractivity (Wildman–Crippen MR) is 87.0 cm³/mol. The summed E-state index contributed by atoms with van der Waals surface area (Å²) >= 11 is 2.76. The van der Waals surface area contributed by atoms with Gasteiger partial charge >= 0.3 is 0 Å². The lowest BCUT2D eigenvalue weighted by Crippen LogP contribution is -2.32. The van der Waals surface area contributed by atoms with Crippen LogP contribution in [0.1, 0.15) is 19.5 Å². The lowest BCUT2D eigenvalue weighted by Gasteiger charge is -2.17. The highest BCUT2D eigenvalue weighted by molar-refractivity contribution is 8.00. The standard InChI is InChI=1S/C12H19N7OS2/c1-3-18(4-2)10(20)8-22-12-17-16-11(19(12)13)21-7-9-5-6-14-15-9/h5-6H,3-4,7-8,13H2,1-2H3,(H,14,15). The van der Waals surface area contributed by atoms with Crippen molar-refractivity contribution in [2.75, 3.05) is 24.7 Å². The number of hydrogen-bond acceptors (Lipinski definition) is 7. The van der Waals surface area contributed by atoms with Crippen LogP contribution in [0.25, 0.3) is 0 Å². The van der Waals surface area contributed by atoms with E-state index in [0.717, 1.165) is 5.69 Å². The van der Waals surface area contributed by atoms with Gasteiger partial charge in [0.1, 0.15) is 0 Å². The first-order valence-corrected chi connectivity index (χ1v) is 8.84. The van der Waals surface area contributed by atoms with Crippen LogP contribution in [0.15, 0.2) is 22.6 Å². The van der Waals surface area contributed by atoms with Crippen LogP contribution in [0.5, 0.6) is 0 Å². The first-order valence-electron chi connectivity index (χ1n) is 6.87. The molecule has 0 aliphatic carbocycles. The predicted octanol–water partition coefficient (Wildman–Crippen LogP) is 0.968. The van der Waals surface area contributed by atoms with Gasteiger partial charge in [-0.15, -0.1) is 10.2 Å². The smallest absolute Gasteiger partial charge is 0.233 e. The molecule has 3 N–H and O–H groups in total. The van der Waals surface area contributed by atoms with Crippen LogP contribution < -0.4 is 5.84 Å². The molecule has 0 radical (unpaired) electrons. The number of H-pyrrole nitrogens is 1. The molecule has 0 fully saturated rings. The molecule has 120 valence electrons. The Bertz CT molecular complexity index is 595. The number of rotatable bonds is 8. The third-order valence-electron chi connectivity index (χ3n) is 2.99. The quantitative estimate of drug-likeness (QED) is 0.544. The number of aromatic amines is 1. The van der Waals surface area contributed by atoms with Crippen molar-refractivity contribution < 1.29 is 4.79 Å². The topological polar surface area (TPSA) is 106 Å². The molecule has 2 aromatic rings. The van der Waals surface area contributed by atoms with Gasteiger partial charge in [0, 0.05) is 30.7 Å². The summed E-state index contributed by atoms with van der Waals surface area (Å²) < 4.78 is 1.42. The van der Waals surface area contributed by atoms with E-state index in [0.29, 0.717) is 34.9 Å². The highest BCUT2D eigenvalue weighted by Gasteiger charge is 2.15. The minimum atomic E-state index is 0.0738. The Balaban J connectivity index is 1.89. The van der Waals surface area contributed by atoms with Gasteiger partial charge in [0.15, 0.2) is 0 Å². The lowest BCUT2D eigenvalue weighted by molar-refractivity contribution is -0.127. The molecular formula is C12H19N7OS2. The molecule has 0 saturated carbocycles. The summed E-state index contributed by atoms with van der Waals surface area (Å²) in [6.45, 7) is 5.33. The van der Waals surface area contributed by atoms with E-state index >= 15 is 0 Å². The molecule has 0 unspecified atom stereocenters. The number of carbonyl (C=O) groups excluding carboxylic acids is 1. The molecule has 2 aromatic heterocycles. The molecule has 2 rings (SSSR count). The second kappa shape index (κ2) is 8.08. The van der Waals surface area contributed by atoms with Crippen LogP contribution in [0.4, 0.5) is 0 Å². The van der Waals surface area contributed by atoms with Gasteiger partial charge in [0.05, 0.1) is 5.75 Å². The first-order chi connectivity index (χ1) is 10.7. The van der Waals surface area contributed by atoms with E-state index in [1.165, 1.54) is 28.2 Å². The molecular weight excluding hydrogens is 322 g/mol. The normalized spacial score (nSPS) is 10.8. The highest BCUT2D eigenvalue weighted by atomic mass is 32.2. The third kappa shape index (κ3) is 4.17. The van der Waals surface area contributed by atoms with Gasteiger partial charge in [0.2, 0.25) is 16.2 Å². The fourth-order valence-corrected chi connectivity index (χ4v) is 3.35. The second-order valence-corrected chi connectivity index (χ2v) is 6.25. The second-order valence-electron chi connectivity index (χ2n) is 4.36. The molecule has 0 saturated heterocycles. The van der Waals surface area contributed by atoms with E-state index in [9.17, 15) is 4.79 Å². The zero-order chi connectivity index (χ0) is 15.9. The molecule has 8 nitrogen and oxygen atoms in total. The van der Waals surface area contributed by atoms with Crippen molar-refractivity contribution >= 4 is 29.4 Å². The summed E-state index contributed by atoms with van der Waals surface area (Å²) in [5, 5.41) is 16.0. The van der Waals surface area contributed by atoms with Crippen molar-refractivity contribution in [3.05, 3.63) is 18.0 Å². The molecule has 0 bridgehead atoms. The number of nitrogen functional groups attached to an aromatic ring is 1. The fourth-order valence-electron chi connectivity index (χ4n) is 1.76. The number of hydrogen-bond donors (Lipinski definition) is 2. The Morgan fingerprint density at radius 3 is 2.59 bits per heavy atom. The summed E-state index contributed by atoms with van der Waals surface area (Å²) in [7, 11) is 0. The summed E-state index contributed by atoms with van der Waals surface area (Å²) in [5.41, 5.74) is 0.985. The van der Waals surface area contributed by atoms with Crippen molar-refractivity contribution in [2.45, 2.75) is 29.9 Å². The van der Waals surface area contributed by atoms with Crippen LogP contribution in [0.2, 0.25) is 0 Å². The van der Waals surface area contributed by atoms with E-state index in [4.69, 9.17) is 5.84 Å². The molecule has 0 aromatic carbocycles. The summed E-state index contributed by atoms with van der Waals surface area (Å²) in [4.78, 5) is 13.7. The molecule has 0 atom stereocenters. The minimum Gasteiger partial charge on any atom is -0.343 e. The van der Waals surface area contributed by atoms with Crippen molar-refractivity contribution in [2.24, 2.45) is 0 Å². The van der Waals surface area contributed by atoms with Crippen molar-refractivity contribution in [3.8, 4) is 0 Å². The van der Waals surface area contributed by atoms with E-state index in [1.807, 2.05) is 19.9 Å². The maximum absolute atomic E-state index is 12.0. The molecule has 10 heteroatoms.